The molecule has 0 unspecified atom stereocenters. The molecule has 2 N–H and O–H groups in total. The average molecular weight is 455 g/mol. The number of piperidine rings is 1. The number of aryl methyl sites for hydroxylation is 2. The van der Waals surface area contributed by atoms with Crippen molar-refractivity contribution in [3.8, 4) is 11.5 Å². The first kappa shape index (κ1) is 20.8. The smallest absolute Gasteiger partial charge is 0.306 e. The molecular formula is C23H26N4O4S. The number of nitrogens with one attached hydrogen (secondary N) is 1. The molecule has 0 spiro atoms. The van der Waals surface area contributed by atoms with Crippen LogP contribution in [0.1, 0.15) is 28.8 Å². The van der Waals surface area contributed by atoms with Crippen LogP contribution in [-0.2, 0) is 11.2 Å². The second kappa shape index (κ2) is 8.46. The van der Waals surface area contributed by atoms with Gasteiger partial charge < -0.3 is 24.8 Å². The number of thiophene rings is 1. The predicted octanol–water partition coefficient (Wildman–Crippen LogP) is 3.99. The summed E-state index contributed by atoms with van der Waals surface area (Å²) in [4.78, 5) is 25.3. The van der Waals surface area contributed by atoms with Gasteiger partial charge in [0.05, 0.1) is 11.3 Å². The Kier molecular flexibility index (Phi) is 5.50. The molecular weight excluding hydrogens is 428 g/mol. The second-order valence-electron chi connectivity index (χ2n) is 8.30. The summed E-state index contributed by atoms with van der Waals surface area (Å²) >= 11 is 1.68. The fraction of sp³-hybridized carbons (Fsp3) is 0.435. The molecule has 0 saturated carbocycles. The van der Waals surface area contributed by atoms with E-state index in [1.165, 1.54) is 16.0 Å². The number of ether oxygens (including phenoxy) is 2. The average Bonchev–Trinajstić information content (AvgIpc) is 3.37. The predicted molar refractivity (Wildman–Crippen MR) is 124 cm³/mol. The molecule has 2 aliphatic heterocycles. The van der Waals surface area contributed by atoms with Crippen LogP contribution in [0.5, 0.6) is 11.5 Å². The lowest BCUT2D eigenvalue weighted by atomic mass is 9.97. The van der Waals surface area contributed by atoms with Crippen LogP contribution < -0.4 is 19.7 Å². The largest absolute Gasteiger partial charge is 0.481 e. The van der Waals surface area contributed by atoms with Crippen LogP contribution >= 0.6 is 11.3 Å². The van der Waals surface area contributed by atoms with Gasteiger partial charge in [-0.25, -0.2) is 4.98 Å². The molecule has 168 valence electrons. The van der Waals surface area contributed by atoms with Crippen LogP contribution in [-0.4, -0.2) is 47.5 Å². The van der Waals surface area contributed by atoms with E-state index in [1.807, 2.05) is 12.1 Å². The van der Waals surface area contributed by atoms with Crippen molar-refractivity contribution in [3.05, 3.63) is 34.2 Å². The van der Waals surface area contributed by atoms with Gasteiger partial charge in [0.15, 0.2) is 11.5 Å². The Morgan fingerprint density at radius 1 is 1.22 bits per heavy atom. The van der Waals surface area contributed by atoms with Gasteiger partial charge in [0.25, 0.3) is 0 Å². The lowest BCUT2D eigenvalue weighted by molar-refractivity contribution is -0.142. The Bertz CT molecular complexity index is 1170. The third-order valence-electron chi connectivity index (χ3n) is 6.29. The van der Waals surface area contributed by atoms with Crippen molar-refractivity contribution < 1.29 is 19.4 Å². The van der Waals surface area contributed by atoms with Gasteiger partial charge in [-0.1, -0.05) is 6.07 Å². The summed E-state index contributed by atoms with van der Waals surface area (Å²) in [5.74, 6) is 2.11. The van der Waals surface area contributed by atoms with E-state index in [9.17, 15) is 9.90 Å². The number of carboxylic acids is 1. The first-order chi connectivity index (χ1) is 15.5. The maximum absolute atomic E-state index is 11.3. The van der Waals surface area contributed by atoms with Gasteiger partial charge in [0.2, 0.25) is 12.7 Å². The maximum Gasteiger partial charge on any atom is 0.306 e. The maximum atomic E-state index is 11.3. The van der Waals surface area contributed by atoms with Crippen LogP contribution in [0, 0.1) is 19.8 Å². The van der Waals surface area contributed by atoms with Gasteiger partial charge in [-0.05, 0) is 56.4 Å². The third-order valence-corrected chi connectivity index (χ3v) is 7.39. The van der Waals surface area contributed by atoms with Crippen LogP contribution in [0.15, 0.2) is 18.2 Å². The van der Waals surface area contributed by atoms with Gasteiger partial charge in [0, 0.05) is 24.5 Å². The summed E-state index contributed by atoms with van der Waals surface area (Å²) in [7, 11) is 0. The third kappa shape index (κ3) is 3.92. The number of carbonyl (C=O) groups is 1. The molecule has 0 atom stereocenters. The number of benzene rings is 1. The number of rotatable bonds is 6. The summed E-state index contributed by atoms with van der Waals surface area (Å²) in [5.41, 5.74) is 2.37. The van der Waals surface area contributed by atoms with Crippen molar-refractivity contribution in [1.82, 2.24) is 9.97 Å². The number of aliphatic carboxylic acids is 1. The molecule has 0 aliphatic carbocycles. The first-order valence-corrected chi connectivity index (χ1v) is 11.7. The minimum Gasteiger partial charge on any atom is -0.481 e. The molecule has 9 heteroatoms. The van der Waals surface area contributed by atoms with Gasteiger partial charge in [0.1, 0.15) is 10.6 Å². The highest BCUT2D eigenvalue weighted by Gasteiger charge is 2.27. The SMILES string of the molecule is Cc1sc2nc(N3CCC(C(=O)O)CC3)nc(NCCc3ccc4c(c3)OCO4)c2c1C. The van der Waals surface area contributed by atoms with E-state index >= 15 is 0 Å². The zero-order valence-electron chi connectivity index (χ0n) is 18.2. The molecule has 2 aromatic heterocycles. The normalized spacial score (nSPS) is 16.0. The molecule has 1 fully saturated rings. The number of nitrogens with zero attached hydrogens (tertiary/aromatic N) is 3. The van der Waals surface area contributed by atoms with E-state index in [-0.39, 0.29) is 12.7 Å². The van der Waals surface area contributed by atoms with Crippen molar-refractivity contribution >= 4 is 39.3 Å². The molecule has 8 nitrogen and oxygen atoms in total. The van der Waals surface area contributed by atoms with E-state index in [0.717, 1.165) is 40.5 Å². The minimum absolute atomic E-state index is 0.277. The number of anilines is 2. The number of fused-ring (bicyclic) bond motifs is 2. The first-order valence-electron chi connectivity index (χ1n) is 10.9. The molecule has 4 heterocycles. The molecule has 1 saturated heterocycles. The number of hydrogen-bond donors (Lipinski definition) is 2. The van der Waals surface area contributed by atoms with E-state index in [2.05, 4.69) is 30.1 Å². The van der Waals surface area contributed by atoms with Gasteiger partial charge in [-0.3, -0.25) is 4.79 Å². The van der Waals surface area contributed by atoms with Gasteiger partial charge in [-0.15, -0.1) is 11.3 Å². The van der Waals surface area contributed by atoms with Gasteiger partial charge in [-0.2, -0.15) is 4.98 Å². The van der Waals surface area contributed by atoms with Crippen LogP contribution in [0.25, 0.3) is 10.2 Å². The Balaban J connectivity index is 1.36. The monoisotopic (exact) mass is 454 g/mol. The number of carboxylic acid groups (broad SMARTS) is 1. The quantitative estimate of drug-likeness (QED) is 0.577. The van der Waals surface area contributed by atoms with E-state index in [1.54, 1.807) is 11.3 Å². The standard InChI is InChI=1S/C23H26N4O4S/c1-13-14(2)32-21-19(13)20(24-8-5-15-3-4-17-18(11-15)31-12-30-17)25-23(26-21)27-9-6-16(7-10-27)22(28)29/h3-4,11,16H,5-10,12H2,1-2H3,(H,28,29)(H,24,25,26). The van der Waals surface area contributed by atoms with E-state index in [0.29, 0.717) is 31.9 Å². The highest BCUT2D eigenvalue weighted by molar-refractivity contribution is 7.18. The van der Waals surface area contributed by atoms with E-state index in [4.69, 9.17) is 19.4 Å². The highest BCUT2D eigenvalue weighted by Crippen LogP contribution is 2.36. The molecule has 2 aliphatic rings. The second-order valence-corrected chi connectivity index (χ2v) is 9.50. The molecule has 32 heavy (non-hydrogen) atoms. The molecule has 1 aromatic carbocycles. The summed E-state index contributed by atoms with van der Waals surface area (Å²) in [6.45, 7) is 6.53. The molecule has 0 bridgehead atoms. The van der Waals surface area contributed by atoms with Crippen LogP contribution in [0.2, 0.25) is 0 Å². The highest BCUT2D eigenvalue weighted by atomic mass is 32.1. The summed E-state index contributed by atoms with van der Waals surface area (Å²) in [5, 5.41) is 13.9. The van der Waals surface area contributed by atoms with E-state index < -0.39 is 5.97 Å². The number of aromatic nitrogens is 2. The zero-order valence-corrected chi connectivity index (χ0v) is 19.0. The van der Waals surface area contributed by atoms with Crippen molar-refractivity contribution in [1.29, 1.82) is 0 Å². The summed E-state index contributed by atoms with van der Waals surface area (Å²) < 4.78 is 10.9. The molecule has 0 amide bonds. The Morgan fingerprint density at radius 2 is 2.00 bits per heavy atom. The molecule has 0 radical (unpaired) electrons. The fourth-order valence-electron chi connectivity index (χ4n) is 4.26. The Morgan fingerprint density at radius 3 is 2.78 bits per heavy atom. The summed E-state index contributed by atoms with van der Waals surface area (Å²) in [6, 6.07) is 6.03. The topological polar surface area (TPSA) is 96.8 Å². The Labute approximate surface area is 190 Å². The van der Waals surface area contributed by atoms with Crippen molar-refractivity contribution in [2.75, 3.05) is 36.6 Å². The minimum atomic E-state index is -0.712. The zero-order chi connectivity index (χ0) is 22.2. The van der Waals surface area contributed by atoms with Crippen LogP contribution in [0.4, 0.5) is 11.8 Å². The van der Waals surface area contributed by atoms with Crippen molar-refractivity contribution in [2.45, 2.75) is 33.1 Å². The lowest BCUT2D eigenvalue weighted by Gasteiger charge is -2.30. The lowest BCUT2D eigenvalue weighted by Crippen LogP contribution is -2.37. The molecule has 3 aromatic rings. The Hall–Kier alpha value is -3.07. The van der Waals surface area contributed by atoms with Gasteiger partial charge >= 0.3 is 5.97 Å². The summed E-state index contributed by atoms with van der Waals surface area (Å²) in [6.07, 6.45) is 2.06. The molecule has 5 rings (SSSR count). The fourth-order valence-corrected chi connectivity index (χ4v) is 5.28. The van der Waals surface area contributed by atoms with Crippen LogP contribution in [0.3, 0.4) is 0 Å². The number of hydrogen-bond acceptors (Lipinski definition) is 8. The van der Waals surface area contributed by atoms with Crippen molar-refractivity contribution in [3.63, 3.8) is 0 Å². The van der Waals surface area contributed by atoms with Crippen molar-refractivity contribution in [2.24, 2.45) is 5.92 Å².